The van der Waals surface area contributed by atoms with E-state index < -0.39 is 0 Å². The summed E-state index contributed by atoms with van der Waals surface area (Å²) in [5.41, 5.74) is 9.98. The molecular formula is C15H19N3O. The lowest BCUT2D eigenvalue weighted by molar-refractivity contribution is 0.412. The van der Waals surface area contributed by atoms with E-state index in [0.29, 0.717) is 11.6 Å². The van der Waals surface area contributed by atoms with Crippen molar-refractivity contribution < 1.29 is 4.74 Å². The van der Waals surface area contributed by atoms with Crippen LogP contribution in [0.3, 0.4) is 0 Å². The van der Waals surface area contributed by atoms with Crippen LogP contribution in [0.2, 0.25) is 0 Å². The second kappa shape index (κ2) is 5.26. The highest BCUT2D eigenvalue weighted by molar-refractivity contribution is 5.69. The van der Waals surface area contributed by atoms with E-state index in [1.165, 1.54) is 0 Å². The van der Waals surface area contributed by atoms with Crippen molar-refractivity contribution in [3.63, 3.8) is 0 Å². The number of rotatable bonds is 3. The number of anilines is 1. The molecule has 2 aromatic rings. The minimum Gasteiger partial charge on any atom is -0.496 e. The van der Waals surface area contributed by atoms with Crippen molar-refractivity contribution in [2.45, 2.75) is 27.2 Å². The fraction of sp³-hybridized carbons (Fsp3) is 0.333. The van der Waals surface area contributed by atoms with Crippen LogP contribution >= 0.6 is 0 Å². The van der Waals surface area contributed by atoms with E-state index in [2.05, 4.69) is 16.9 Å². The van der Waals surface area contributed by atoms with Gasteiger partial charge in [-0.2, -0.15) is 0 Å². The summed E-state index contributed by atoms with van der Waals surface area (Å²) in [6.07, 6.45) is 0.803. The summed E-state index contributed by atoms with van der Waals surface area (Å²) in [5, 5.41) is 0. The molecule has 2 N–H and O–H groups in total. The molecule has 100 valence electrons. The molecule has 0 fully saturated rings. The highest BCUT2D eigenvalue weighted by Gasteiger charge is 2.12. The summed E-state index contributed by atoms with van der Waals surface area (Å²) >= 11 is 0. The number of hydrogen-bond donors (Lipinski definition) is 1. The number of ether oxygens (including phenoxy) is 1. The number of aryl methyl sites for hydroxylation is 2. The van der Waals surface area contributed by atoms with Crippen LogP contribution in [-0.4, -0.2) is 17.1 Å². The maximum atomic E-state index is 5.99. The second-order valence-corrected chi connectivity index (χ2v) is 4.52. The van der Waals surface area contributed by atoms with Crippen molar-refractivity contribution in [1.82, 2.24) is 9.97 Å². The molecule has 0 aliphatic rings. The van der Waals surface area contributed by atoms with Crippen LogP contribution < -0.4 is 10.5 Å². The molecule has 0 spiro atoms. The fourth-order valence-electron chi connectivity index (χ4n) is 2.17. The van der Waals surface area contributed by atoms with Gasteiger partial charge in [0.05, 0.1) is 12.8 Å². The van der Waals surface area contributed by atoms with Crippen molar-refractivity contribution in [2.24, 2.45) is 0 Å². The zero-order chi connectivity index (χ0) is 14.0. The van der Waals surface area contributed by atoms with Crippen molar-refractivity contribution in [3.8, 4) is 17.0 Å². The molecule has 0 atom stereocenters. The molecule has 0 aliphatic carbocycles. The Kier molecular flexibility index (Phi) is 3.69. The van der Waals surface area contributed by atoms with Gasteiger partial charge < -0.3 is 10.5 Å². The molecule has 0 saturated carbocycles. The lowest BCUT2D eigenvalue weighted by Gasteiger charge is -2.12. The molecule has 4 heteroatoms. The summed E-state index contributed by atoms with van der Waals surface area (Å²) < 4.78 is 5.37. The average Bonchev–Trinajstić information content (AvgIpc) is 2.38. The SMILES string of the molecule is CCc1c(N)nc(C)nc1-c1ccc(C)c(OC)c1. The number of benzene rings is 1. The highest BCUT2D eigenvalue weighted by atomic mass is 16.5. The molecule has 19 heavy (non-hydrogen) atoms. The van der Waals surface area contributed by atoms with E-state index in [4.69, 9.17) is 10.5 Å². The van der Waals surface area contributed by atoms with Gasteiger partial charge in [0.25, 0.3) is 0 Å². The summed E-state index contributed by atoms with van der Waals surface area (Å²) in [6, 6.07) is 6.06. The van der Waals surface area contributed by atoms with Gasteiger partial charge in [-0.05, 0) is 31.9 Å². The maximum Gasteiger partial charge on any atom is 0.130 e. The monoisotopic (exact) mass is 257 g/mol. The van der Waals surface area contributed by atoms with E-state index in [9.17, 15) is 0 Å². The first kappa shape index (κ1) is 13.3. The summed E-state index contributed by atoms with van der Waals surface area (Å²) in [7, 11) is 1.67. The van der Waals surface area contributed by atoms with Crippen LogP contribution in [0.5, 0.6) is 5.75 Å². The lowest BCUT2D eigenvalue weighted by Crippen LogP contribution is -2.04. The van der Waals surface area contributed by atoms with Crippen LogP contribution in [0.1, 0.15) is 23.9 Å². The van der Waals surface area contributed by atoms with Crippen molar-refractivity contribution in [2.75, 3.05) is 12.8 Å². The predicted molar refractivity (Wildman–Crippen MR) is 77.3 cm³/mol. The zero-order valence-electron chi connectivity index (χ0n) is 11.8. The van der Waals surface area contributed by atoms with Gasteiger partial charge in [0.1, 0.15) is 17.4 Å². The minimum absolute atomic E-state index is 0.560. The molecule has 1 aromatic carbocycles. The average molecular weight is 257 g/mol. The third kappa shape index (κ3) is 2.52. The van der Waals surface area contributed by atoms with Crippen molar-refractivity contribution in [3.05, 3.63) is 35.2 Å². The zero-order valence-corrected chi connectivity index (χ0v) is 11.8. The lowest BCUT2D eigenvalue weighted by atomic mass is 10.0. The molecule has 0 amide bonds. The van der Waals surface area contributed by atoms with Crippen LogP contribution in [-0.2, 0) is 6.42 Å². The largest absolute Gasteiger partial charge is 0.496 e. The summed E-state index contributed by atoms with van der Waals surface area (Å²) in [4.78, 5) is 8.76. The van der Waals surface area contributed by atoms with Gasteiger partial charge in [-0.25, -0.2) is 9.97 Å². The van der Waals surface area contributed by atoms with Gasteiger partial charge in [-0.1, -0.05) is 19.1 Å². The van der Waals surface area contributed by atoms with E-state index in [1.54, 1.807) is 7.11 Å². The van der Waals surface area contributed by atoms with E-state index in [0.717, 1.165) is 34.6 Å². The van der Waals surface area contributed by atoms with E-state index in [1.807, 2.05) is 32.0 Å². The Morgan fingerprint density at radius 3 is 2.58 bits per heavy atom. The van der Waals surface area contributed by atoms with Crippen LogP contribution in [0.15, 0.2) is 18.2 Å². The Balaban J connectivity index is 2.64. The van der Waals surface area contributed by atoms with Crippen molar-refractivity contribution in [1.29, 1.82) is 0 Å². The molecule has 1 heterocycles. The van der Waals surface area contributed by atoms with Gasteiger partial charge >= 0.3 is 0 Å². The molecule has 0 radical (unpaired) electrons. The molecule has 2 rings (SSSR count). The third-order valence-corrected chi connectivity index (χ3v) is 3.19. The quantitative estimate of drug-likeness (QED) is 0.918. The first-order chi connectivity index (χ1) is 9.06. The third-order valence-electron chi connectivity index (χ3n) is 3.19. The first-order valence-corrected chi connectivity index (χ1v) is 6.34. The van der Waals surface area contributed by atoms with Gasteiger partial charge in [0.15, 0.2) is 0 Å². The number of nitrogens with zero attached hydrogens (tertiary/aromatic N) is 2. The fourth-order valence-corrected chi connectivity index (χ4v) is 2.17. The van der Waals surface area contributed by atoms with E-state index in [-0.39, 0.29) is 0 Å². The molecule has 0 saturated heterocycles. The number of methoxy groups -OCH3 is 1. The second-order valence-electron chi connectivity index (χ2n) is 4.52. The van der Waals surface area contributed by atoms with Crippen LogP contribution in [0.25, 0.3) is 11.3 Å². The molecule has 0 unspecified atom stereocenters. The van der Waals surface area contributed by atoms with Gasteiger partial charge in [-0.15, -0.1) is 0 Å². The Hall–Kier alpha value is -2.10. The Morgan fingerprint density at radius 2 is 1.95 bits per heavy atom. The van der Waals surface area contributed by atoms with Crippen molar-refractivity contribution >= 4 is 5.82 Å². The smallest absolute Gasteiger partial charge is 0.130 e. The number of aromatic nitrogens is 2. The molecule has 1 aromatic heterocycles. The standard InChI is InChI=1S/C15H19N3O/c1-5-12-14(17-10(3)18-15(12)16)11-7-6-9(2)13(8-11)19-4/h6-8H,5H2,1-4H3,(H2,16,17,18). The minimum atomic E-state index is 0.560. The highest BCUT2D eigenvalue weighted by Crippen LogP contribution is 2.30. The van der Waals surface area contributed by atoms with E-state index >= 15 is 0 Å². The molecule has 0 bridgehead atoms. The summed E-state index contributed by atoms with van der Waals surface area (Å²) in [5.74, 6) is 2.10. The van der Waals surface area contributed by atoms with Gasteiger partial charge in [-0.3, -0.25) is 0 Å². The topological polar surface area (TPSA) is 61.0 Å². The van der Waals surface area contributed by atoms with Crippen LogP contribution in [0, 0.1) is 13.8 Å². The Bertz CT molecular complexity index is 609. The van der Waals surface area contributed by atoms with Gasteiger partial charge in [0, 0.05) is 11.1 Å². The van der Waals surface area contributed by atoms with Crippen LogP contribution in [0.4, 0.5) is 5.82 Å². The summed E-state index contributed by atoms with van der Waals surface area (Å²) in [6.45, 7) is 5.92. The first-order valence-electron chi connectivity index (χ1n) is 6.34. The number of nitrogens with two attached hydrogens (primary N) is 1. The number of nitrogen functional groups attached to an aromatic ring is 1. The molecule has 4 nitrogen and oxygen atoms in total. The number of hydrogen-bond acceptors (Lipinski definition) is 4. The predicted octanol–water partition coefficient (Wildman–Crippen LogP) is 2.91. The maximum absolute atomic E-state index is 5.99. The Morgan fingerprint density at radius 1 is 1.21 bits per heavy atom. The molecular weight excluding hydrogens is 238 g/mol. The normalized spacial score (nSPS) is 10.5. The van der Waals surface area contributed by atoms with Gasteiger partial charge in [0.2, 0.25) is 0 Å². The Labute approximate surface area is 113 Å². The molecule has 0 aliphatic heterocycles.